The summed E-state index contributed by atoms with van der Waals surface area (Å²) in [7, 11) is 0. The average molecular weight is 1020 g/mol. The summed E-state index contributed by atoms with van der Waals surface area (Å²) in [6, 6.07) is 0. The molecule has 1 aliphatic heterocycles. The van der Waals surface area contributed by atoms with Crippen LogP contribution < -0.4 is 0 Å². The lowest BCUT2D eigenvalue weighted by molar-refractivity contribution is -0.301. The average Bonchev–Trinajstić information content (AvgIpc) is 3.37. The standard InChI is InChI=1S/C61H96O12/c1-4-7-10-13-16-19-22-25-26-27-28-31-32-35-38-41-44-47-53(62)69-50-52(71-54(63)48-45-42-39-36-33-29-23-20-17-14-11-8-5-2)51-70-61-59(57(66)56(65)58(73-61)60(67)68)72-55(64)49-46-43-40-37-34-30-24-21-18-15-12-9-6-3/h7,9-10,12,16,18-21,23,25-26,28,30-31,34,40,43,52,56-59,61,65-66H,4-6,8,11,13-15,17,22,24,27,29,32-33,35-39,41-42,44-51H2,1-3H3,(H,67,68)/b10-7-,12-9-,19-16-,21-18-,23-20-,26-25-,31-28-,34-30-,43-40-. The Morgan fingerprint density at radius 3 is 1.38 bits per heavy atom. The third kappa shape index (κ3) is 38.6. The number of hydrogen-bond donors (Lipinski definition) is 3. The Hall–Kier alpha value is -4.62. The van der Waals surface area contributed by atoms with Gasteiger partial charge in [0.05, 0.1) is 6.61 Å². The highest BCUT2D eigenvalue weighted by Crippen LogP contribution is 2.26. The van der Waals surface area contributed by atoms with Crippen LogP contribution in [0.2, 0.25) is 0 Å². The van der Waals surface area contributed by atoms with Crippen LogP contribution in [0.15, 0.2) is 109 Å². The van der Waals surface area contributed by atoms with Gasteiger partial charge in [0.25, 0.3) is 0 Å². The van der Waals surface area contributed by atoms with E-state index in [1.54, 1.807) is 0 Å². The van der Waals surface area contributed by atoms with Crippen molar-refractivity contribution in [1.82, 2.24) is 0 Å². The van der Waals surface area contributed by atoms with E-state index in [-0.39, 0.29) is 25.9 Å². The van der Waals surface area contributed by atoms with E-state index >= 15 is 0 Å². The minimum atomic E-state index is -1.93. The normalized spacial score (nSPS) is 19.2. The fourth-order valence-electron chi connectivity index (χ4n) is 7.60. The summed E-state index contributed by atoms with van der Waals surface area (Å²) >= 11 is 0. The lowest BCUT2D eigenvalue weighted by atomic mass is 9.98. The summed E-state index contributed by atoms with van der Waals surface area (Å²) in [5.74, 6) is -3.29. The SMILES string of the molecule is CC/C=C\C/C=C\C/C=C\C/C=C\CCCCCCC(=O)OCC(COC1OC(C(=O)O)C(O)C(O)C1OC(=O)CC/C=C\C/C=C\C/C=C\C/C=C\CC)OC(=O)CCCCCCC/C=C\CCCCCC. The molecule has 0 amide bonds. The molecule has 12 heteroatoms. The Morgan fingerprint density at radius 2 is 0.890 bits per heavy atom. The number of aliphatic hydroxyl groups excluding tert-OH is 2. The van der Waals surface area contributed by atoms with Crippen molar-refractivity contribution < 1.29 is 58.2 Å². The van der Waals surface area contributed by atoms with Crippen LogP contribution in [0.3, 0.4) is 0 Å². The van der Waals surface area contributed by atoms with Crippen molar-refractivity contribution in [2.75, 3.05) is 13.2 Å². The monoisotopic (exact) mass is 1020 g/mol. The number of esters is 3. The molecule has 6 unspecified atom stereocenters. The van der Waals surface area contributed by atoms with Crippen LogP contribution in [-0.4, -0.2) is 89.2 Å². The fraction of sp³-hybridized carbons (Fsp3) is 0.639. The number of ether oxygens (including phenoxy) is 5. The van der Waals surface area contributed by atoms with Gasteiger partial charge in [-0.1, -0.05) is 182 Å². The number of rotatable bonds is 45. The highest BCUT2D eigenvalue weighted by molar-refractivity contribution is 5.74. The van der Waals surface area contributed by atoms with Gasteiger partial charge in [0.15, 0.2) is 24.6 Å². The number of carbonyl (C=O) groups is 4. The van der Waals surface area contributed by atoms with Crippen LogP contribution in [0.25, 0.3) is 0 Å². The van der Waals surface area contributed by atoms with Crippen molar-refractivity contribution >= 4 is 23.9 Å². The Kier molecular flexibility index (Phi) is 44.0. The highest BCUT2D eigenvalue weighted by atomic mass is 16.7. The minimum absolute atomic E-state index is 0.0691. The second-order valence-corrected chi connectivity index (χ2v) is 18.4. The van der Waals surface area contributed by atoms with Crippen molar-refractivity contribution in [3.63, 3.8) is 0 Å². The molecular formula is C61H96O12. The van der Waals surface area contributed by atoms with Gasteiger partial charge in [-0.05, 0) is 109 Å². The first kappa shape index (κ1) is 66.4. The first-order valence-corrected chi connectivity index (χ1v) is 27.9. The number of allylic oxidation sites excluding steroid dienone is 18. The van der Waals surface area contributed by atoms with Crippen LogP contribution in [0.5, 0.6) is 0 Å². The quantitative estimate of drug-likeness (QED) is 0.0228. The van der Waals surface area contributed by atoms with E-state index in [0.717, 1.165) is 109 Å². The van der Waals surface area contributed by atoms with Gasteiger partial charge in [-0.15, -0.1) is 0 Å². The van der Waals surface area contributed by atoms with Crippen molar-refractivity contribution in [2.24, 2.45) is 0 Å². The first-order chi connectivity index (χ1) is 35.6. The Balaban J connectivity index is 2.77. The van der Waals surface area contributed by atoms with E-state index in [0.29, 0.717) is 25.7 Å². The molecule has 12 nitrogen and oxygen atoms in total. The van der Waals surface area contributed by atoms with Crippen LogP contribution in [0.1, 0.15) is 201 Å². The van der Waals surface area contributed by atoms with Crippen molar-refractivity contribution in [1.29, 1.82) is 0 Å². The molecule has 73 heavy (non-hydrogen) atoms. The van der Waals surface area contributed by atoms with Gasteiger partial charge in [0.2, 0.25) is 0 Å². The van der Waals surface area contributed by atoms with Gasteiger partial charge in [0, 0.05) is 19.3 Å². The molecule has 1 aliphatic rings. The van der Waals surface area contributed by atoms with Crippen molar-refractivity contribution in [3.05, 3.63) is 109 Å². The number of unbranched alkanes of at least 4 members (excludes halogenated alkanes) is 13. The smallest absolute Gasteiger partial charge is 0.335 e. The lowest BCUT2D eigenvalue weighted by Crippen LogP contribution is -2.61. The Labute approximate surface area is 440 Å². The van der Waals surface area contributed by atoms with E-state index in [4.69, 9.17) is 23.7 Å². The van der Waals surface area contributed by atoms with E-state index in [9.17, 15) is 34.5 Å². The predicted octanol–water partition coefficient (Wildman–Crippen LogP) is 13.9. The molecule has 1 rings (SSSR count). The van der Waals surface area contributed by atoms with Gasteiger partial charge in [0.1, 0.15) is 18.8 Å². The number of aliphatic carboxylic acids is 1. The van der Waals surface area contributed by atoms with Gasteiger partial charge in [-0.3, -0.25) is 14.4 Å². The third-order valence-electron chi connectivity index (χ3n) is 11.8. The molecule has 0 saturated carbocycles. The summed E-state index contributed by atoms with van der Waals surface area (Å²) in [6.45, 7) is 5.66. The summed E-state index contributed by atoms with van der Waals surface area (Å²) in [5, 5.41) is 31.4. The highest BCUT2D eigenvalue weighted by Gasteiger charge is 2.50. The molecule has 1 saturated heterocycles. The summed E-state index contributed by atoms with van der Waals surface area (Å²) in [6.07, 6.45) is 52.3. The molecule has 0 aromatic carbocycles. The van der Waals surface area contributed by atoms with Crippen LogP contribution >= 0.6 is 0 Å². The second-order valence-electron chi connectivity index (χ2n) is 18.4. The summed E-state index contributed by atoms with van der Waals surface area (Å²) in [5.41, 5.74) is 0. The maximum atomic E-state index is 13.1. The van der Waals surface area contributed by atoms with E-state index < -0.39 is 67.3 Å². The maximum absolute atomic E-state index is 13.1. The van der Waals surface area contributed by atoms with E-state index in [1.807, 2.05) is 18.2 Å². The zero-order valence-electron chi connectivity index (χ0n) is 45.1. The van der Waals surface area contributed by atoms with E-state index in [1.165, 1.54) is 25.7 Å². The second kappa shape index (κ2) is 48.3. The molecule has 0 aliphatic carbocycles. The van der Waals surface area contributed by atoms with Gasteiger partial charge < -0.3 is 39.0 Å². The maximum Gasteiger partial charge on any atom is 0.335 e. The molecule has 1 heterocycles. The van der Waals surface area contributed by atoms with Crippen LogP contribution in [-0.2, 0) is 42.9 Å². The minimum Gasteiger partial charge on any atom is -0.479 e. The molecular weight excluding hydrogens is 925 g/mol. The molecule has 0 radical (unpaired) electrons. The lowest BCUT2D eigenvalue weighted by Gasteiger charge is -2.40. The molecule has 3 N–H and O–H groups in total. The largest absolute Gasteiger partial charge is 0.479 e. The molecule has 0 aromatic rings. The van der Waals surface area contributed by atoms with E-state index in [2.05, 4.69) is 112 Å². The van der Waals surface area contributed by atoms with Gasteiger partial charge >= 0.3 is 23.9 Å². The van der Waals surface area contributed by atoms with Gasteiger partial charge in [-0.25, -0.2) is 4.79 Å². The van der Waals surface area contributed by atoms with Gasteiger partial charge in [-0.2, -0.15) is 0 Å². The number of carbonyl (C=O) groups excluding carboxylic acids is 3. The number of aliphatic hydroxyl groups is 2. The molecule has 412 valence electrons. The fourth-order valence-corrected chi connectivity index (χ4v) is 7.60. The van der Waals surface area contributed by atoms with Crippen molar-refractivity contribution in [2.45, 2.75) is 237 Å². The molecule has 0 aromatic heterocycles. The Morgan fingerprint density at radius 1 is 0.466 bits per heavy atom. The van der Waals surface area contributed by atoms with Crippen LogP contribution in [0, 0.1) is 0 Å². The zero-order valence-corrected chi connectivity index (χ0v) is 45.1. The number of carboxylic acid groups (broad SMARTS) is 1. The number of carboxylic acids is 1. The third-order valence-corrected chi connectivity index (χ3v) is 11.8. The number of hydrogen-bond acceptors (Lipinski definition) is 11. The molecule has 1 fully saturated rings. The van der Waals surface area contributed by atoms with Crippen LogP contribution in [0.4, 0.5) is 0 Å². The summed E-state index contributed by atoms with van der Waals surface area (Å²) in [4.78, 5) is 50.9. The summed E-state index contributed by atoms with van der Waals surface area (Å²) < 4.78 is 28.2. The predicted molar refractivity (Wildman–Crippen MR) is 294 cm³/mol. The topological polar surface area (TPSA) is 175 Å². The Bertz CT molecular complexity index is 1690. The first-order valence-electron chi connectivity index (χ1n) is 27.9. The molecule has 0 spiro atoms. The molecule has 0 bridgehead atoms. The molecule has 6 atom stereocenters. The van der Waals surface area contributed by atoms with Crippen molar-refractivity contribution in [3.8, 4) is 0 Å². The zero-order chi connectivity index (χ0) is 53.3.